The molecular formula is C13H19N3O2. The number of likely N-dealkylation sites (N-methyl/N-ethyl adjacent to an activating group) is 1. The van der Waals surface area contributed by atoms with E-state index in [4.69, 9.17) is 4.74 Å². The third-order valence-corrected chi connectivity index (χ3v) is 3.14. The highest BCUT2D eigenvalue weighted by Crippen LogP contribution is 2.16. The number of hydrogen-bond acceptors (Lipinski definition) is 3. The molecule has 1 saturated heterocycles. The minimum absolute atomic E-state index is 0.0471. The molecule has 18 heavy (non-hydrogen) atoms. The summed E-state index contributed by atoms with van der Waals surface area (Å²) >= 11 is 0. The highest BCUT2D eigenvalue weighted by Gasteiger charge is 2.27. The lowest BCUT2D eigenvalue weighted by molar-refractivity contribution is 0.165. The molecule has 0 atom stereocenters. The third-order valence-electron chi connectivity index (χ3n) is 3.14. The third kappa shape index (κ3) is 2.73. The van der Waals surface area contributed by atoms with Crippen molar-refractivity contribution in [2.75, 3.05) is 32.1 Å². The summed E-state index contributed by atoms with van der Waals surface area (Å²) in [6, 6.07) is 7.60. The molecule has 5 heteroatoms. The zero-order valence-electron chi connectivity index (χ0n) is 10.8. The normalized spacial score (nSPS) is 14.8. The van der Waals surface area contributed by atoms with Gasteiger partial charge in [0.15, 0.2) is 0 Å². The molecule has 1 aliphatic rings. The number of nitrogens with zero attached hydrogens (tertiary/aromatic N) is 1. The zero-order chi connectivity index (χ0) is 13.0. The Morgan fingerprint density at radius 2 is 2.11 bits per heavy atom. The number of ether oxygens (including phenoxy) is 1. The minimum atomic E-state index is -0.0471. The van der Waals surface area contributed by atoms with Gasteiger partial charge in [0, 0.05) is 25.3 Å². The lowest BCUT2D eigenvalue weighted by Crippen LogP contribution is -2.59. The molecule has 2 amide bonds. The van der Waals surface area contributed by atoms with E-state index in [1.165, 1.54) is 0 Å². The Hall–Kier alpha value is -1.75. The Labute approximate surface area is 107 Å². The highest BCUT2D eigenvalue weighted by atomic mass is 16.5. The number of hydrogen-bond donors (Lipinski definition) is 2. The average Bonchev–Trinajstić information content (AvgIpc) is 2.34. The molecule has 1 heterocycles. The van der Waals surface area contributed by atoms with E-state index in [-0.39, 0.29) is 6.03 Å². The first-order chi connectivity index (χ1) is 8.74. The van der Waals surface area contributed by atoms with Crippen molar-refractivity contribution < 1.29 is 9.53 Å². The second-order valence-electron chi connectivity index (χ2n) is 4.26. The molecule has 0 saturated carbocycles. The van der Waals surface area contributed by atoms with Crippen LogP contribution in [0.3, 0.4) is 0 Å². The van der Waals surface area contributed by atoms with Crippen LogP contribution in [0.1, 0.15) is 6.92 Å². The van der Waals surface area contributed by atoms with Crippen molar-refractivity contribution in [1.82, 2.24) is 10.2 Å². The Morgan fingerprint density at radius 1 is 1.44 bits per heavy atom. The maximum Gasteiger partial charge on any atom is 0.322 e. The lowest BCUT2D eigenvalue weighted by atomic mass is 10.1. The van der Waals surface area contributed by atoms with Crippen molar-refractivity contribution in [3.05, 3.63) is 24.3 Å². The van der Waals surface area contributed by atoms with Crippen LogP contribution in [0.15, 0.2) is 24.3 Å². The second-order valence-corrected chi connectivity index (χ2v) is 4.26. The predicted molar refractivity (Wildman–Crippen MR) is 71.1 cm³/mol. The summed E-state index contributed by atoms with van der Waals surface area (Å²) in [6.07, 6.45) is 0. The number of urea groups is 1. The molecule has 0 aliphatic carbocycles. The molecule has 0 aromatic heterocycles. The minimum Gasteiger partial charge on any atom is -0.497 e. The van der Waals surface area contributed by atoms with Gasteiger partial charge in [-0.05, 0) is 31.2 Å². The quantitative estimate of drug-likeness (QED) is 0.850. The molecule has 0 bridgehead atoms. The van der Waals surface area contributed by atoms with Crippen molar-refractivity contribution in [3.63, 3.8) is 0 Å². The van der Waals surface area contributed by atoms with Gasteiger partial charge in [0.05, 0.1) is 13.2 Å². The average molecular weight is 249 g/mol. The van der Waals surface area contributed by atoms with Crippen LogP contribution in [-0.2, 0) is 0 Å². The maximum absolute atomic E-state index is 12.1. The number of carbonyl (C=O) groups excluding carboxylic acids is 1. The van der Waals surface area contributed by atoms with Crippen molar-refractivity contribution in [3.8, 4) is 5.75 Å². The van der Waals surface area contributed by atoms with Gasteiger partial charge in [0.1, 0.15) is 5.75 Å². The van der Waals surface area contributed by atoms with E-state index in [9.17, 15) is 4.79 Å². The van der Waals surface area contributed by atoms with Gasteiger partial charge in [0.25, 0.3) is 0 Å². The monoisotopic (exact) mass is 249 g/mol. The molecule has 2 N–H and O–H groups in total. The number of rotatable bonds is 4. The molecule has 2 rings (SSSR count). The standard InChI is InChI=1S/C13H19N3O2/c1-3-16(11-8-14-9-11)13(17)15-10-4-6-12(18-2)7-5-10/h4-7,11,14H,3,8-9H2,1-2H3,(H,15,17). The van der Waals surface area contributed by atoms with E-state index < -0.39 is 0 Å². The Kier molecular flexibility index (Phi) is 4.04. The number of amides is 2. The summed E-state index contributed by atoms with van der Waals surface area (Å²) < 4.78 is 5.08. The molecule has 0 unspecified atom stereocenters. The van der Waals surface area contributed by atoms with Crippen LogP contribution in [0.25, 0.3) is 0 Å². The molecule has 98 valence electrons. The Morgan fingerprint density at radius 3 is 2.56 bits per heavy atom. The Balaban J connectivity index is 1.96. The lowest BCUT2D eigenvalue weighted by Gasteiger charge is -2.37. The maximum atomic E-state index is 12.1. The summed E-state index contributed by atoms with van der Waals surface area (Å²) in [5.74, 6) is 0.781. The molecule has 5 nitrogen and oxygen atoms in total. The van der Waals surface area contributed by atoms with Crippen LogP contribution in [0.2, 0.25) is 0 Å². The van der Waals surface area contributed by atoms with Gasteiger partial charge in [-0.3, -0.25) is 0 Å². The second kappa shape index (κ2) is 5.73. The first-order valence-corrected chi connectivity index (χ1v) is 6.17. The van der Waals surface area contributed by atoms with Crippen molar-refractivity contribution >= 4 is 11.7 Å². The van der Waals surface area contributed by atoms with Crippen molar-refractivity contribution in [2.24, 2.45) is 0 Å². The van der Waals surface area contributed by atoms with Crippen molar-refractivity contribution in [1.29, 1.82) is 0 Å². The fourth-order valence-electron chi connectivity index (χ4n) is 1.93. The van der Waals surface area contributed by atoms with Crippen LogP contribution < -0.4 is 15.4 Å². The summed E-state index contributed by atoms with van der Waals surface area (Å²) in [4.78, 5) is 13.9. The first-order valence-electron chi connectivity index (χ1n) is 6.17. The van der Waals surface area contributed by atoms with Gasteiger partial charge in [0.2, 0.25) is 0 Å². The predicted octanol–water partition coefficient (Wildman–Crippen LogP) is 1.52. The van der Waals surface area contributed by atoms with Gasteiger partial charge in [-0.2, -0.15) is 0 Å². The van der Waals surface area contributed by atoms with Crippen LogP contribution >= 0.6 is 0 Å². The van der Waals surface area contributed by atoms with Gasteiger partial charge in [-0.15, -0.1) is 0 Å². The van der Waals surface area contributed by atoms with Crippen LogP contribution in [0.4, 0.5) is 10.5 Å². The van der Waals surface area contributed by atoms with Gasteiger partial charge >= 0.3 is 6.03 Å². The van der Waals surface area contributed by atoms with Gasteiger partial charge in [-0.1, -0.05) is 0 Å². The number of anilines is 1. The molecular weight excluding hydrogens is 230 g/mol. The molecule has 1 aromatic carbocycles. The largest absolute Gasteiger partial charge is 0.497 e. The zero-order valence-corrected chi connectivity index (χ0v) is 10.8. The summed E-state index contributed by atoms with van der Waals surface area (Å²) in [5.41, 5.74) is 0.784. The molecule has 1 fully saturated rings. The van der Waals surface area contributed by atoms with Crippen LogP contribution in [-0.4, -0.2) is 43.7 Å². The first kappa shape index (κ1) is 12.7. The summed E-state index contributed by atoms with van der Waals surface area (Å²) in [7, 11) is 1.62. The number of benzene rings is 1. The number of methoxy groups -OCH3 is 1. The van der Waals surface area contributed by atoms with E-state index in [1.54, 1.807) is 7.11 Å². The van der Waals surface area contributed by atoms with E-state index in [1.807, 2.05) is 36.1 Å². The molecule has 1 aromatic rings. The molecule has 1 aliphatic heterocycles. The van der Waals surface area contributed by atoms with Crippen molar-refractivity contribution in [2.45, 2.75) is 13.0 Å². The van der Waals surface area contributed by atoms with E-state index in [2.05, 4.69) is 10.6 Å². The molecule has 0 radical (unpaired) electrons. The van der Waals surface area contributed by atoms with Crippen LogP contribution in [0.5, 0.6) is 5.75 Å². The van der Waals surface area contributed by atoms with Gasteiger partial charge in [-0.25, -0.2) is 4.79 Å². The number of nitrogens with one attached hydrogen (secondary N) is 2. The van der Waals surface area contributed by atoms with E-state index in [0.717, 1.165) is 24.5 Å². The number of carbonyl (C=O) groups is 1. The smallest absolute Gasteiger partial charge is 0.322 e. The van der Waals surface area contributed by atoms with Crippen LogP contribution in [0, 0.1) is 0 Å². The summed E-state index contributed by atoms with van der Waals surface area (Å²) in [6.45, 7) is 4.47. The fourth-order valence-corrected chi connectivity index (χ4v) is 1.93. The topological polar surface area (TPSA) is 53.6 Å². The van der Waals surface area contributed by atoms with Gasteiger partial charge < -0.3 is 20.3 Å². The Bertz CT molecular complexity index is 401. The SMILES string of the molecule is CCN(C(=O)Nc1ccc(OC)cc1)C1CNC1. The summed E-state index contributed by atoms with van der Waals surface area (Å²) in [5, 5.41) is 6.07. The van der Waals surface area contributed by atoms with E-state index in [0.29, 0.717) is 12.6 Å². The molecule has 0 spiro atoms. The highest BCUT2D eigenvalue weighted by molar-refractivity contribution is 5.89. The van der Waals surface area contributed by atoms with E-state index >= 15 is 0 Å². The fraction of sp³-hybridized carbons (Fsp3) is 0.462.